The molecular formula is C9H15NO3. The molecule has 13 heavy (non-hydrogen) atoms. The molecule has 2 N–H and O–H groups in total. The van der Waals surface area contributed by atoms with Gasteiger partial charge in [0.15, 0.2) is 0 Å². The van der Waals surface area contributed by atoms with Gasteiger partial charge < -0.3 is 15.1 Å². The van der Waals surface area contributed by atoms with Crippen LogP contribution in [0.1, 0.15) is 25.7 Å². The number of piperidine rings is 1. The molecule has 4 heteroatoms. The minimum absolute atomic E-state index is 0.119. The normalized spacial score (nSPS) is 38.8. The zero-order chi connectivity index (χ0) is 9.42. The van der Waals surface area contributed by atoms with E-state index in [1.165, 1.54) is 4.90 Å². The van der Waals surface area contributed by atoms with Gasteiger partial charge in [0, 0.05) is 6.54 Å². The van der Waals surface area contributed by atoms with E-state index in [4.69, 9.17) is 5.11 Å². The highest BCUT2D eigenvalue weighted by molar-refractivity contribution is 5.65. The fourth-order valence-corrected chi connectivity index (χ4v) is 2.71. The molecule has 1 amide bonds. The monoisotopic (exact) mass is 185 g/mol. The van der Waals surface area contributed by atoms with Crippen LogP contribution in [0.3, 0.4) is 0 Å². The van der Waals surface area contributed by atoms with Crippen LogP contribution in [0.4, 0.5) is 4.79 Å². The molecule has 74 valence electrons. The van der Waals surface area contributed by atoms with Crippen molar-refractivity contribution >= 4 is 6.09 Å². The lowest BCUT2D eigenvalue weighted by atomic mass is 9.92. The summed E-state index contributed by atoms with van der Waals surface area (Å²) in [6.45, 7) is 0.591. The van der Waals surface area contributed by atoms with Crippen molar-refractivity contribution in [3.05, 3.63) is 0 Å². The first kappa shape index (κ1) is 8.81. The summed E-state index contributed by atoms with van der Waals surface area (Å²) in [7, 11) is 0. The third-order valence-corrected chi connectivity index (χ3v) is 3.29. The Bertz CT molecular complexity index is 217. The topological polar surface area (TPSA) is 60.8 Å². The molecule has 0 spiro atoms. The molecule has 0 aromatic carbocycles. The van der Waals surface area contributed by atoms with Crippen LogP contribution in [0.5, 0.6) is 0 Å². The van der Waals surface area contributed by atoms with Crippen molar-refractivity contribution in [1.82, 2.24) is 4.90 Å². The summed E-state index contributed by atoms with van der Waals surface area (Å²) < 4.78 is 0. The third kappa shape index (κ3) is 1.39. The average Bonchev–Trinajstić information content (AvgIpc) is 2.48. The fourth-order valence-electron chi connectivity index (χ4n) is 2.71. The van der Waals surface area contributed by atoms with Crippen molar-refractivity contribution < 1.29 is 15.0 Å². The number of aliphatic hydroxyl groups excluding tert-OH is 1. The number of fused-ring (bicyclic) bond motifs is 1. The third-order valence-electron chi connectivity index (χ3n) is 3.29. The van der Waals surface area contributed by atoms with Crippen LogP contribution in [0.2, 0.25) is 0 Å². The molecule has 3 unspecified atom stereocenters. The lowest BCUT2D eigenvalue weighted by molar-refractivity contribution is 0.0319. The van der Waals surface area contributed by atoms with Gasteiger partial charge >= 0.3 is 6.09 Å². The Kier molecular flexibility index (Phi) is 2.15. The lowest BCUT2D eigenvalue weighted by Gasteiger charge is -2.37. The molecule has 1 aliphatic carbocycles. The average molecular weight is 185 g/mol. The van der Waals surface area contributed by atoms with Crippen molar-refractivity contribution in [3.8, 4) is 0 Å². The summed E-state index contributed by atoms with van der Waals surface area (Å²) in [5, 5.41) is 18.6. The zero-order valence-electron chi connectivity index (χ0n) is 7.52. The van der Waals surface area contributed by atoms with E-state index in [0.29, 0.717) is 12.5 Å². The number of carboxylic acid groups (broad SMARTS) is 1. The summed E-state index contributed by atoms with van der Waals surface area (Å²) in [5.74, 6) is 0.403. The van der Waals surface area contributed by atoms with Gasteiger partial charge in [0.05, 0.1) is 12.1 Å². The molecule has 2 rings (SSSR count). The zero-order valence-corrected chi connectivity index (χ0v) is 7.52. The first-order valence-electron chi connectivity index (χ1n) is 4.88. The Morgan fingerprint density at radius 3 is 2.77 bits per heavy atom. The number of aliphatic hydroxyl groups is 1. The van der Waals surface area contributed by atoms with Gasteiger partial charge in [-0.3, -0.25) is 0 Å². The standard InChI is InChI=1S/C9H15NO3/c11-7-4-3-6-2-1-5-10(8(6)7)9(12)13/h6-8,11H,1-5H2,(H,12,13). The van der Waals surface area contributed by atoms with Gasteiger partial charge in [-0.15, -0.1) is 0 Å². The first-order chi connectivity index (χ1) is 6.20. The molecule has 0 bridgehead atoms. The van der Waals surface area contributed by atoms with E-state index in [0.717, 1.165) is 25.7 Å². The van der Waals surface area contributed by atoms with Gasteiger partial charge in [0.2, 0.25) is 0 Å². The number of nitrogens with zero attached hydrogens (tertiary/aromatic N) is 1. The second-order valence-corrected chi connectivity index (χ2v) is 4.01. The molecule has 4 nitrogen and oxygen atoms in total. The van der Waals surface area contributed by atoms with Crippen LogP contribution in [-0.4, -0.2) is 39.9 Å². The number of amides is 1. The van der Waals surface area contributed by atoms with Crippen LogP contribution >= 0.6 is 0 Å². The Balaban J connectivity index is 2.14. The first-order valence-corrected chi connectivity index (χ1v) is 4.88. The van der Waals surface area contributed by atoms with Crippen molar-refractivity contribution in [2.24, 2.45) is 5.92 Å². The number of rotatable bonds is 0. The number of carbonyl (C=O) groups is 1. The van der Waals surface area contributed by atoms with Crippen LogP contribution in [0.15, 0.2) is 0 Å². The van der Waals surface area contributed by atoms with E-state index in [2.05, 4.69) is 0 Å². The molecule has 2 fully saturated rings. The molecule has 0 aromatic rings. The van der Waals surface area contributed by atoms with Gasteiger partial charge in [-0.25, -0.2) is 4.79 Å². The van der Waals surface area contributed by atoms with Crippen LogP contribution in [-0.2, 0) is 0 Å². The van der Waals surface area contributed by atoms with Gasteiger partial charge in [-0.05, 0) is 31.6 Å². The summed E-state index contributed by atoms with van der Waals surface area (Å²) in [6.07, 6.45) is 2.46. The fraction of sp³-hybridized carbons (Fsp3) is 0.889. The van der Waals surface area contributed by atoms with Gasteiger partial charge in [0.25, 0.3) is 0 Å². The lowest BCUT2D eigenvalue weighted by Crippen LogP contribution is -2.50. The highest BCUT2D eigenvalue weighted by atomic mass is 16.4. The van der Waals surface area contributed by atoms with E-state index >= 15 is 0 Å². The molecule has 3 atom stereocenters. The Hall–Kier alpha value is -0.770. The summed E-state index contributed by atoms with van der Waals surface area (Å²) >= 11 is 0. The van der Waals surface area contributed by atoms with Crippen LogP contribution < -0.4 is 0 Å². The van der Waals surface area contributed by atoms with Crippen molar-refractivity contribution in [2.45, 2.75) is 37.8 Å². The molecule has 1 aliphatic heterocycles. The molecule has 1 heterocycles. The van der Waals surface area contributed by atoms with Crippen molar-refractivity contribution in [2.75, 3.05) is 6.54 Å². The van der Waals surface area contributed by atoms with E-state index in [9.17, 15) is 9.90 Å². The molecule has 0 aromatic heterocycles. The Labute approximate surface area is 77.2 Å². The highest BCUT2D eigenvalue weighted by Gasteiger charge is 2.42. The maximum Gasteiger partial charge on any atom is 0.407 e. The summed E-state index contributed by atoms with van der Waals surface area (Å²) in [6, 6.07) is -0.119. The second kappa shape index (κ2) is 3.18. The van der Waals surface area contributed by atoms with E-state index < -0.39 is 12.2 Å². The smallest absolute Gasteiger partial charge is 0.407 e. The second-order valence-electron chi connectivity index (χ2n) is 4.01. The molecule has 2 aliphatic rings. The summed E-state index contributed by atoms with van der Waals surface area (Å²) in [4.78, 5) is 12.3. The minimum Gasteiger partial charge on any atom is -0.465 e. The Morgan fingerprint density at radius 1 is 1.31 bits per heavy atom. The Morgan fingerprint density at radius 2 is 2.08 bits per heavy atom. The van der Waals surface area contributed by atoms with Crippen molar-refractivity contribution in [3.63, 3.8) is 0 Å². The van der Waals surface area contributed by atoms with Crippen LogP contribution in [0.25, 0.3) is 0 Å². The summed E-state index contributed by atoms with van der Waals surface area (Å²) in [5.41, 5.74) is 0. The van der Waals surface area contributed by atoms with Gasteiger partial charge in [-0.1, -0.05) is 0 Å². The van der Waals surface area contributed by atoms with E-state index in [1.54, 1.807) is 0 Å². The highest BCUT2D eigenvalue weighted by Crippen LogP contribution is 2.36. The maximum atomic E-state index is 10.9. The SMILES string of the molecule is O=C(O)N1CCCC2CCC(O)C21. The molecule has 0 radical (unpaired) electrons. The predicted octanol–water partition coefficient (Wildman–Crippen LogP) is 0.900. The quantitative estimate of drug-likeness (QED) is 0.589. The van der Waals surface area contributed by atoms with Gasteiger partial charge in [0.1, 0.15) is 0 Å². The van der Waals surface area contributed by atoms with E-state index in [-0.39, 0.29) is 6.04 Å². The molecule has 1 saturated carbocycles. The molecular weight excluding hydrogens is 170 g/mol. The van der Waals surface area contributed by atoms with E-state index in [1.807, 2.05) is 0 Å². The largest absolute Gasteiger partial charge is 0.465 e. The van der Waals surface area contributed by atoms with Crippen LogP contribution in [0, 0.1) is 5.92 Å². The maximum absolute atomic E-state index is 10.9. The molecule has 1 saturated heterocycles. The van der Waals surface area contributed by atoms with Crippen molar-refractivity contribution in [1.29, 1.82) is 0 Å². The number of likely N-dealkylation sites (tertiary alicyclic amines) is 1. The van der Waals surface area contributed by atoms with Gasteiger partial charge in [-0.2, -0.15) is 0 Å². The number of hydrogen-bond donors (Lipinski definition) is 2. The predicted molar refractivity (Wildman–Crippen MR) is 46.5 cm³/mol. The minimum atomic E-state index is -0.879. The number of hydrogen-bond acceptors (Lipinski definition) is 2.